The van der Waals surface area contributed by atoms with Crippen LogP contribution < -0.4 is 5.73 Å². The molecule has 0 amide bonds. The largest absolute Gasteiger partial charge is 0.469 e. The number of nitrogens with two attached hydrogens (primary N) is 1. The second-order valence-corrected chi connectivity index (χ2v) is 3.91. The second kappa shape index (κ2) is 4.82. The van der Waals surface area contributed by atoms with Gasteiger partial charge >= 0.3 is 5.97 Å². The molecule has 1 unspecified atom stereocenters. The van der Waals surface area contributed by atoms with Gasteiger partial charge in [0, 0.05) is 5.69 Å². The minimum absolute atomic E-state index is 0.199. The van der Waals surface area contributed by atoms with E-state index >= 15 is 0 Å². The van der Waals surface area contributed by atoms with Gasteiger partial charge in [0.25, 0.3) is 0 Å². The summed E-state index contributed by atoms with van der Waals surface area (Å²) in [4.78, 5) is 11.6. The zero-order valence-electron chi connectivity index (χ0n) is 9.36. The maximum absolute atomic E-state index is 11.6. The lowest BCUT2D eigenvalue weighted by atomic mass is 9.88. The van der Waals surface area contributed by atoms with Crippen molar-refractivity contribution in [3.63, 3.8) is 0 Å². The molecule has 82 valence electrons. The van der Waals surface area contributed by atoms with Crippen molar-refractivity contribution >= 4 is 11.7 Å². The lowest BCUT2D eigenvalue weighted by molar-refractivity contribution is -0.143. The number of hydrogen-bond acceptors (Lipinski definition) is 3. The molecule has 1 aromatic rings. The molecule has 0 saturated heterocycles. The van der Waals surface area contributed by atoms with Crippen molar-refractivity contribution in [2.24, 2.45) is 5.92 Å². The Bertz CT molecular complexity index is 330. The molecule has 1 aromatic carbocycles. The van der Waals surface area contributed by atoms with Gasteiger partial charge < -0.3 is 10.5 Å². The number of carbonyl (C=O) groups excluding carboxylic acids is 1. The number of ether oxygens (including phenoxy) is 1. The van der Waals surface area contributed by atoms with E-state index in [0.717, 1.165) is 5.56 Å². The fourth-order valence-electron chi connectivity index (χ4n) is 1.62. The number of anilines is 1. The highest BCUT2D eigenvalue weighted by Crippen LogP contribution is 2.26. The number of esters is 1. The normalized spacial score (nSPS) is 12.5. The molecule has 0 aliphatic heterocycles. The van der Waals surface area contributed by atoms with Crippen LogP contribution in [0.15, 0.2) is 24.3 Å². The molecular formula is C12H17NO2. The highest BCUT2D eigenvalue weighted by atomic mass is 16.5. The summed E-state index contributed by atoms with van der Waals surface area (Å²) in [6.45, 7) is 4.00. The molecule has 0 saturated carbocycles. The Morgan fingerprint density at radius 1 is 1.27 bits per heavy atom. The lowest BCUT2D eigenvalue weighted by Crippen LogP contribution is -2.19. The second-order valence-electron chi connectivity index (χ2n) is 3.91. The highest BCUT2D eigenvalue weighted by Gasteiger charge is 2.24. The molecule has 0 aliphatic carbocycles. The average Bonchev–Trinajstić information content (AvgIpc) is 2.20. The van der Waals surface area contributed by atoms with E-state index in [9.17, 15) is 4.79 Å². The van der Waals surface area contributed by atoms with Gasteiger partial charge in [0.2, 0.25) is 0 Å². The first-order chi connectivity index (χ1) is 7.06. The molecule has 3 heteroatoms. The molecule has 0 aromatic heterocycles. The van der Waals surface area contributed by atoms with Crippen molar-refractivity contribution in [3.8, 4) is 0 Å². The van der Waals surface area contributed by atoms with Crippen LogP contribution in [0.5, 0.6) is 0 Å². The van der Waals surface area contributed by atoms with E-state index in [1.54, 1.807) is 12.1 Å². The van der Waals surface area contributed by atoms with Gasteiger partial charge in [0.15, 0.2) is 0 Å². The number of hydrogen-bond donors (Lipinski definition) is 1. The summed E-state index contributed by atoms with van der Waals surface area (Å²) in [5, 5.41) is 0. The van der Waals surface area contributed by atoms with Gasteiger partial charge in [-0.1, -0.05) is 26.0 Å². The number of methoxy groups -OCH3 is 1. The van der Waals surface area contributed by atoms with Crippen LogP contribution in [0.4, 0.5) is 5.69 Å². The van der Waals surface area contributed by atoms with E-state index in [1.807, 2.05) is 26.0 Å². The maximum Gasteiger partial charge on any atom is 0.313 e. The molecule has 0 fully saturated rings. The van der Waals surface area contributed by atoms with Gasteiger partial charge in [0.1, 0.15) is 0 Å². The fraction of sp³-hybridized carbons (Fsp3) is 0.417. The van der Waals surface area contributed by atoms with Crippen molar-refractivity contribution in [1.29, 1.82) is 0 Å². The Morgan fingerprint density at radius 2 is 1.80 bits per heavy atom. The highest BCUT2D eigenvalue weighted by molar-refractivity contribution is 5.78. The Morgan fingerprint density at radius 3 is 2.20 bits per heavy atom. The molecule has 15 heavy (non-hydrogen) atoms. The molecule has 0 spiro atoms. The van der Waals surface area contributed by atoms with E-state index in [2.05, 4.69) is 0 Å². The molecular weight excluding hydrogens is 190 g/mol. The van der Waals surface area contributed by atoms with Crippen LogP contribution in [0.1, 0.15) is 25.3 Å². The monoisotopic (exact) mass is 207 g/mol. The molecule has 0 aliphatic rings. The van der Waals surface area contributed by atoms with Gasteiger partial charge in [-0.2, -0.15) is 0 Å². The van der Waals surface area contributed by atoms with Crippen molar-refractivity contribution in [2.75, 3.05) is 12.8 Å². The first kappa shape index (κ1) is 11.6. The average molecular weight is 207 g/mol. The summed E-state index contributed by atoms with van der Waals surface area (Å²) in [6.07, 6.45) is 0. The van der Waals surface area contributed by atoms with E-state index in [4.69, 9.17) is 10.5 Å². The van der Waals surface area contributed by atoms with Crippen LogP contribution in [-0.4, -0.2) is 13.1 Å². The van der Waals surface area contributed by atoms with Crippen molar-refractivity contribution < 1.29 is 9.53 Å². The van der Waals surface area contributed by atoms with Gasteiger partial charge in [0.05, 0.1) is 13.0 Å². The number of benzene rings is 1. The smallest absolute Gasteiger partial charge is 0.313 e. The van der Waals surface area contributed by atoms with Gasteiger partial charge in [-0.3, -0.25) is 4.79 Å². The Labute approximate surface area is 90.2 Å². The maximum atomic E-state index is 11.6. The molecule has 0 radical (unpaired) electrons. The van der Waals surface area contributed by atoms with E-state index < -0.39 is 0 Å². The van der Waals surface area contributed by atoms with Crippen LogP contribution in [0.25, 0.3) is 0 Å². The minimum atomic E-state index is -0.212. The van der Waals surface area contributed by atoms with Crippen LogP contribution in [-0.2, 0) is 9.53 Å². The molecule has 0 bridgehead atoms. The summed E-state index contributed by atoms with van der Waals surface area (Å²) in [7, 11) is 1.41. The summed E-state index contributed by atoms with van der Waals surface area (Å²) < 4.78 is 4.79. The van der Waals surface area contributed by atoms with Crippen LogP contribution in [0, 0.1) is 5.92 Å². The minimum Gasteiger partial charge on any atom is -0.469 e. The standard InChI is InChI=1S/C12H17NO2/c1-8(2)11(12(14)15-3)9-4-6-10(13)7-5-9/h4-8,11H,13H2,1-3H3. The Kier molecular flexibility index (Phi) is 3.72. The third-order valence-corrected chi connectivity index (χ3v) is 2.42. The van der Waals surface area contributed by atoms with Crippen molar-refractivity contribution in [3.05, 3.63) is 29.8 Å². The Balaban J connectivity index is 2.99. The first-order valence-electron chi connectivity index (χ1n) is 4.99. The molecule has 1 atom stereocenters. The SMILES string of the molecule is COC(=O)C(c1ccc(N)cc1)C(C)C. The summed E-state index contributed by atoms with van der Waals surface area (Å²) >= 11 is 0. The van der Waals surface area contributed by atoms with E-state index in [-0.39, 0.29) is 17.8 Å². The zero-order valence-corrected chi connectivity index (χ0v) is 9.36. The lowest BCUT2D eigenvalue weighted by Gasteiger charge is -2.18. The van der Waals surface area contributed by atoms with Crippen molar-refractivity contribution in [1.82, 2.24) is 0 Å². The van der Waals surface area contributed by atoms with Crippen LogP contribution in [0.2, 0.25) is 0 Å². The van der Waals surface area contributed by atoms with Gasteiger partial charge in [-0.15, -0.1) is 0 Å². The molecule has 3 nitrogen and oxygen atoms in total. The summed E-state index contributed by atoms with van der Waals surface area (Å²) in [5.74, 6) is -0.202. The summed E-state index contributed by atoms with van der Waals surface area (Å²) in [6, 6.07) is 7.34. The number of carbonyl (C=O) groups is 1. The van der Waals surface area contributed by atoms with Gasteiger partial charge in [-0.25, -0.2) is 0 Å². The number of rotatable bonds is 3. The molecule has 0 heterocycles. The third kappa shape index (κ3) is 2.72. The first-order valence-corrected chi connectivity index (χ1v) is 4.99. The van der Waals surface area contributed by atoms with Crippen LogP contribution in [0.3, 0.4) is 0 Å². The summed E-state index contributed by atoms with van der Waals surface area (Å²) in [5.41, 5.74) is 7.25. The predicted octanol–water partition coefficient (Wildman–Crippen LogP) is 2.18. The molecule has 1 rings (SSSR count). The topological polar surface area (TPSA) is 52.3 Å². The zero-order chi connectivity index (χ0) is 11.4. The third-order valence-electron chi connectivity index (χ3n) is 2.42. The van der Waals surface area contributed by atoms with E-state index in [0.29, 0.717) is 5.69 Å². The fourth-order valence-corrected chi connectivity index (χ4v) is 1.62. The molecule has 2 N–H and O–H groups in total. The van der Waals surface area contributed by atoms with Crippen molar-refractivity contribution in [2.45, 2.75) is 19.8 Å². The number of nitrogen functional groups attached to an aromatic ring is 1. The van der Waals surface area contributed by atoms with E-state index in [1.165, 1.54) is 7.11 Å². The quantitative estimate of drug-likeness (QED) is 0.610. The van der Waals surface area contributed by atoms with Crippen LogP contribution >= 0.6 is 0 Å². The van der Waals surface area contributed by atoms with Gasteiger partial charge in [-0.05, 0) is 23.6 Å². The predicted molar refractivity (Wildman–Crippen MR) is 60.4 cm³/mol. The Hall–Kier alpha value is -1.51.